The average molecular weight is 210 g/mol. The molecule has 84 valence electrons. The summed E-state index contributed by atoms with van der Waals surface area (Å²) < 4.78 is 7.53. The first-order valence-corrected chi connectivity index (χ1v) is 5.56. The zero-order valence-corrected chi connectivity index (χ0v) is 9.15. The fourth-order valence-corrected chi connectivity index (χ4v) is 2.01. The molecule has 0 saturated carbocycles. The van der Waals surface area contributed by atoms with E-state index in [9.17, 15) is 0 Å². The van der Waals surface area contributed by atoms with E-state index in [-0.39, 0.29) is 0 Å². The fraction of sp³-hybridized carbons (Fsp3) is 0.800. The van der Waals surface area contributed by atoms with Gasteiger partial charge in [-0.1, -0.05) is 6.92 Å². The molecule has 0 bridgehead atoms. The van der Waals surface area contributed by atoms with Gasteiger partial charge in [0.05, 0.1) is 13.2 Å². The second kappa shape index (κ2) is 4.72. The maximum absolute atomic E-state index is 5.64. The third kappa shape index (κ3) is 2.03. The van der Waals surface area contributed by atoms with Gasteiger partial charge in [0.25, 0.3) is 0 Å². The van der Waals surface area contributed by atoms with Crippen LogP contribution in [0.2, 0.25) is 0 Å². The summed E-state index contributed by atoms with van der Waals surface area (Å²) in [5.41, 5.74) is 5.64. The lowest BCUT2D eigenvalue weighted by Crippen LogP contribution is -2.13. The van der Waals surface area contributed by atoms with E-state index in [1.54, 1.807) is 0 Å². The Bertz CT molecular complexity index is 317. The first-order valence-electron chi connectivity index (χ1n) is 5.56. The molecule has 0 radical (unpaired) electrons. The summed E-state index contributed by atoms with van der Waals surface area (Å²) in [5, 5.41) is 8.37. The molecule has 1 aromatic rings. The van der Waals surface area contributed by atoms with Crippen molar-refractivity contribution in [3.05, 3.63) is 11.6 Å². The Hall–Kier alpha value is -0.940. The quantitative estimate of drug-likeness (QED) is 0.792. The summed E-state index contributed by atoms with van der Waals surface area (Å²) in [4.78, 5) is 0. The smallest absolute Gasteiger partial charge is 0.146 e. The Kier molecular flexibility index (Phi) is 3.33. The van der Waals surface area contributed by atoms with Gasteiger partial charge in [-0.2, -0.15) is 0 Å². The highest BCUT2D eigenvalue weighted by Gasteiger charge is 2.24. The topological polar surface area (TPSA) is 66.0 Å². The first-order chi connectivity index (χ1) is 7.36. The molecule has 1 fully saturated rings. The lowest BCUT2D eigenvalue weighted by molar-refractivity contribution is 0.192. The molecule has 1 aromatic heterocycles. The lowest BCUT2D eigenvalue weighted by Gasteiger charge is -2.11. The maximum Gasteiger partial charge on any atom is 0.146 e. The number of rotatable bonds is 4. The van der Waals surface area contributed by atoms with Crippen molar-refractivity contribution >= 4 is 0 Å². The van der Waals surface area contributed by atoms with E-state index < -0.39 is 0 Å². The summed E-state index contributed by atoms with van der Waals surface area (Å²) in [6.07, 6.45) is 2.12. The van der Waals surface area contributed by atoms with Crippen LogP contribution in [-0.2, 0) is 17.8 Å². The Morgan fingerprint density at radius 2 is 2.40 bits per heavy atom. The van der Waals surface area contributed by atoms with Crippen LogP contribution in [0.25, 0.3) is 0 Å². The molecule has 1 atom stereocenters. The molecule has 1 aliphatic rings. The monoisotopic (exact) mass is 210 g/mol. The number of hydrogen-bond acceptors (Lipinski definition) is 4. The molecule has 0 aromatic carbocycles. The standard InChI is InChI=1S/C10H18N4O/c1-2-4-14-9(6-11)12-13-10(14)8-3-5-15-7-8/h8H,2-7,11H2,1H3. The molecule has 1 aliphatic heterocycles. The van der Waals surface area contributed by atoms with Crippen molar-refractivity contribution in [3.8, 4) is 0 Å². The minimum atomic E-state index is 0.407. The number of ether oxygens (including phenoxy) is 1. The van der Waals surface area contributed by atoms with Gasteiger partial charge in [-0.3, -0.25) is 0 Å². The molecule has 0 amide bonds. The lowest BCUT2D eigenvalue weighted by atomic mass is 10.1. The van der Waals surface area contributed by atoms with Gasteiger partial charge >= 0.3 is 0 Å². The van der Waals surface area contributed by atoms with Crippen LogP contribution in [0.3, 0.4) is 0 Å². The van der Waals surface area contributed by atoms with Crippen LogP contribution in [0.15, 0.2) is 0 Å². The summed E-state index contributed by atoms with van der Waals surface area (Å²) >= 11 is 0. The minimum Gasteiger partial charge on any atom is -0.381 e. The number of aromatic nitrogens is 3. The molecule has 5 nitrogen and oxygen atoms in total. The van der Waals surface area contributed by atoms with E-state index in [4.69, 9.17) is 10.5 Å². The van der Waals surface area contributed by atoms with Gasteiger partial charge in [0.2, 0.25) is 0 Å². The molecule has 1 unspecified atom stereocenters. The molecule has 2 N–H and O–H groups in total. The van der Waals surface area contributed by atoms with E-state index >= 15 is 0 Å². The van der Waals surface area contributed by atoms with Crippen LogP contribution in [-0.4, -0.2) is 28.0 Å². The van der Waals surface area contributed by atoms with E-state index in [0.717, 1.165) is 44.2 Å². The van der Waals surface area contributed by atoms with Crippen molar-refractivity contribution < 1.29 is 4.74 Å². The minimum absolute atomic E-state index is 0.407. The van der Waals surface area contributed by atoms with Crippen molar-refractivity contribution in [2.75, 3.05) is 13.2 Å². The van der Waals surface area contributed by atoms with Crippen LogP contribution >= 0.6 is 0 Å². The van der Waals surface area contributed by atoms with Crippen molar-refractivity contribution in [1.82, 2.24) is 14.8 Å². The Labute approximate surface area is 89.6 Å². The van der Waals surface area contributed by atoms with Gasteiger partial charge in [0.15, 0.2) is 0 Å². The van der Waals surface area contributed by atoms with Gasteiger partial charge in [-0.05, 0) is 12.8 Å². The van der Waals surface area contributed by atoms with Crippen LogP contribution in [0, 0.1) is 0 Å². The van der Waals surface area contributed by atoms with E-state index in [0.29, 0.717) is 12.5 Å². The summed E-state index contributed by atoms with van der Waals surface area (Å²) in [5.74, 6) is 2.35. The maximum atomic E-state index is 5.64. The average Bonchev–Trinajstić information content (AvgIpc) is 2.85. The Morgan fingerprint density at radius 1 is 1.53 bits per heavy atom. The van der Waals surface area contributed by atoms with E-state index in [1.807, 2.05) is 0 Å². The molecule has 1 saturated heterocycles. The van der Waals surface area contributed by atoms with Gasteiger partial charge in [-0.15, -0.1) is 10.2 Å². The molecule has 0 spiro atoms. The first kappa shape index (κ1) is 10.6. The van der Waals surface area contributed by atoms with E-state index in [1.165, 1.54) is 0 Å². The van der Waals surface area contributed by atoms with Gasteiger partial charge < -0.3 is 15.0 Å². The van der Waals surface area contributed by atoms with Gasteiger partial charge in [0.1, 0.15) is 11.6 Å². The molecule has 15 heavy (non-hydrogen) atoms. The van der Waals surface area contributed by atoms with Crippen molar-refractivity contribution in [2.24, 2.45) is 5.73 Å². The predicted molar refractivity (Wildman–Crippen MR) is 56.4 cm³/mol. The summed E-state index contributed by atoms with van der Waals surface area (Å²) in [7, 11) is 0. The molecule has 5 heteroatoms. The second-order valence-electron chi connectivity index (χ2n) is 3.89. The zero-order chi connectivity index (χ0) is 10.7. The second-order valence-corrected chi connectivity index (χ2v) is 3.89. The predicted octanol–water partition coefficient (Wildman–Crippen LogP) is 0.651. The number of hydrogen-bond donors (Lipinski definition) is 1. The summed E-state index contributed by atoms with van der Waals surface area (Å²) in [6.45, 7) is 5.16. The largest absolute Gasteiger partial charge is 0.381 e. The highest BCUT2D eigenvalue weighted by Crippen LogP contribution is 2.24. The van der Waals surface area contributed by atoms with Crippen LogP contribution in [0.5, 0.6) is 0 Å². The third-order valence-corrected chi connectivity index (χ3v) is 2.78. The summed E-state index contributed by atoms with van der Waals surface area (Å²) in [6, 6.07) is 0. The normalized spacial score (nSPS) is 21.1. The van der Waals surface area contributed by atoms with Gasteiger partial charge in [-0.25, -0.2) is 0 Å². The number of nitrogens with zero attached hydrogens (tertiary/aromatic N) is 3. The van der Waals surface area contributed by atoms with Gasteiger partial charge in [0, 0.05) is 19.1 Å². The number of nitrogens with two attached hydrogens (primary N) is 1. The molecule has 2 rings (SSSR count). The fourth-order valence-electron chi connectivity index (χ4n) is 2.01. The molecular formula is C10H18N4O. The highest BCUT2D eigenvalue weighted by molar-refractivity contribution is 5.03. The highest BCUT2D eigenvalue weighted by atomic mass is 16.5. The Balaban J connectivity index is 2.24. The van der Waals surface area contributed by atoms with Crippen LogP contribution in [0.4, 0.5) is 0 Å². The van der Waals surface area contributed by atoms with Crippen molar-refractivity contribution in [1.29, 1.82) is 0 Å². The van der Waals surface area contributed by atoms with Crippen molar-refractivity contribution in [3.63, 3.8) is 0 Å². The SMILES string of the molecule is CCCn1c(CN)nnc1C1CCOC1. The molecule has 2 heterocycles. The van der Waals surface area contributed by atoms with Crippen molar-refractivity contribution in [2.45, 2.75) is 38.8 Å². The van der Waals surface area contributed by atoms with Crippen LogP contribution < -0.4 is 5.73 Å². The molecule has 0 aliphatic carbocycles. The molecular weight excluding hydrogens is 192 g/mol. The zero-order valence-electron chi connectivity index (χ0n) is 9.15. The van der Waals surface area contributed by atoms with Crippen LogP contribution in [0.1, 0.15) is 37.3 Å². The Morgan fingerprint density at radius 3 is 3.00 bits per heavy atom. The van der Waals surface area contributed by atoms with E-state index in [2.05, 4.69) is 21.7 Å². The third-order valence-electron chi connectivity index (χ3n) is 2.78.